The standard InChI is InChI=1S/2C19H23N5.2CH3NO2.2BrH.Pt/c2*20-18(22-16-10-4-1-5-11-16)24(17-12-6-2-7-13-17)19(21)23-14-8-3-9-15-23;2*1-2(3)4;;;/h2*1-2,4-7,10-13,21H,3,8-9,14-15H2,(H2,20,22);2*1H3;2*1H;/q;;;;;;+2/p-2. The number of para-hydroxylation sites is 4. The predicted octanol–water partition coefficient (Wildman–Crippen LogP) is 0.911. The monoisotopic (exact) mass is 1120 g/mol. The van der Waals surface area contributed by atoms with Crippen molar-refractivity contribution in [3.63, 3.8) is 0 Å². The maximum atomic E-state index is 8.81. The Hall–Kier alpha value is -5.19. The first-order valence-corrected chi connectivity index (χ1v) is 18.3. The summed E-state index contributed by atoms with van der Waals surface area (Å²) >= 11 is 0. The fraction of sp³-hybridized carbons (Fsp3) is 0.300. The van der Waals surface area contributed by atoms with Crippen LogP contribution in [0.15, 0.2) is 131 Å². The number of guanidine groups is 4. The number of aliphatic imine (C=N–C) groups is 2. The number of piperidine rings is 2. The Kier molecular flexibility index (Phi) is 27.3. The SMILES string of the molecule is C[N+](=O)[O-].C[N+](=O)[O-].N=C(N1CCCCC1)N(C(N)=Nc1ccccc1)c1ccccc1.N=C(N1CCCCC1)N(C(N)=Nc1ccccc1)c1ccccc1.[Br-].[Br-].[Pt+2]. The van der Waals surface area contributed by atoms with Gasteiger partial charge in [0.25, 0.3) is 0 Å². The van der Waals surface area contributed by atoms with Gasteiger partial charge in [0.05, 0.1) is 22.7 Å². The number of rotatable bonds is 4. The van der Waals surface area contributed by atoms with E-state index in [1.165, 1.54) is 12.8 Å². The molecule has 2 heterocycles. The predicted molar refractivity (Wildman–Crippen MR) is 225 cm³/mol. The maximum Gasteiger partial charge on any atom is 2.00 e. The topological polar surface area (TPSA) is 224 Å². The molecule has 320 valence electrons. The average Bonchev–Trinajstić information content (AvgIpc) is 3.20. The van der Waals surface area contributed by atoms with Crippen LogP contribution < -0.4 is 55.2 Å². The smallest absolute Gasteiger partial charge is 1.00 e. The van der Waals surface area contributed by atoms with E-state index in [4.69, 9.17) is 42.5 Å². The van der Waals surface area contributed by atoms with Crippen molar-refractivity contribution in [2.45, 2.75) is 38.5 Å². The summed E-state index contributed by atoms with van der Waals surface area (Å²) in [4.78, 5) is 33.2. The molecule has 4 aromatic rings. The molecular formula is C40H52Br2N12O4Pt. The number of benzene rings is 4. The number of hydrogen-bond donors (Lipinski definition) is 4. The van der Waals surface area contributed by atoms with Gasteiger partial charge in [-0.2, -0.15) is 0 Å². The van der Waals surface area contributed by atoms with Gasteiger partial charge in [-0.05, 0) is 87.1 Å². The molecule has 19 heteroatoms. The van der Waals surface area contributed by atoms with E-state index >= 15 is 0 Å². The fourth-order valence-electron chi connectivity index (χ4n) is 5.74. The number of nitrogens with zero attached hydrogens (tertiary/aromatic N) is 8. The molecular weight excluding hydrogens is 1070 g/mol. The van der Waals surface area contributed by atoms with E-state index in [2.05, 4.69) is 19.8 Å². The number of nitro groups is 2. The third-order valence-electron chi connectivity index (χ3n) is 8.22. The van der Waals surface area contributed by atoms with Crippen LogP contribution in [0.3, 0.4) is 0 Å². The zero-order valence-corrected chi connectivity index (χ0v) is 38.5. The summed E-state index contributed by atoms with van der Waals surface area (Å²) in [6.07, 6.45) is 6.90. The number of anilines is 2. The Morgan fingerprint density at radius 3 is 1.03 bits per heavy atom. The Balaban J connectivity index is 0.000000925. The van der Waals surface area contributed by atoms with Crippen molar-refractivity contribution in [3.05, 3.63) is 142 Å². The van der Waals surface area contributed by atoms with Crippen LogP contribution in [-0.4, -0.2) is 83.8 Å². The van der Waals surface area contributed by atoms with Crippen LogP contribution in [-0.2, 0) is 21.1 Å². The Labute approximate surface area is 381 Å². The van der Waals surface area contributed by atoms with Crippen molar-refractivity contribution in [3.8, 4) is 0 Å². The largest absolute Gasteiger partial charge is 2.00 e. The Morgan fingerprint density at radius 2 is 0.780 bits per heavy atom. The summed E-state index contributed by atoms with van der Waals surface area (Å²) in [6.45, 7) is 3.56. The first kappa shape index (κ1) is 53.8. The van der Waals surface area contributed by atoms with E-state index in [1.54, 1.807) is 9.80 Å². The van der Waals surface area contributed by atoms with Crippen LogP contribution in [0, 0.1) is 31.0 Å². The van der Waals surface area contributed by atoms with Crippen molar-refractivity contribution < 1.29 is 64.9 Å². The third-order valence-corrected chi connectivity index (χ3v) is 8.22. The van der Waals surface area contributed by atoms with E-state index in [0.29, 0.717) is 23.8 Å². The molecule has 4 aromatic carbocycles. The summed E-state index contributed by atoms with van der Waals surface area (Å²) in [5.74, 6) is 1.39. The molecule has 6 rings (SSSR count). The van der Waals surface area contributed by atoms with Gasteiger partial charge in [-0.3, -0.25) is 40.8 Å². The van der Waals surface area contributed by atoms with Gasteiger partial charge in [0.1, 0.15) is 0 Å². The van der Waals surface area contributed by atoms with Crippen molar-refractivity contribution in [2.24, 2.45) is 21.5 Å². The van der Waals surface area contributed by atoms with Gasteiger partial charge in [-0.25, -0.2) is 9.98 Å². The number of nitrogens with two attached hydrogens (primary N) is 2. The van der Waals surface area contributed by atoms with Crippen LogP contribution >= 0.6 is 0 Å². The molecule has 0 atom stereocenters. The Bertz CT molecular complexity index is 1730. The normalized spacial score (nSPS) is 13.2. The van der Waals surface area contributed by atoms with Crippen LogP contribution in [0.25, 0.3) is 0 Å². The summed E-state index contributed by atoms with van der Waals surface area (Å²) in [6, 6.07) is 38.7. The van der Waals surface area contributed by atoms with Crippen LogP contribution in [0.4, 0.5) is 22.7 Å². The molecule has 0 bridgehead atoms. The molecule has 0 aromatic heterocycles. The molecule has 0 unspecified atom stereocenters. The maximum absolute atomic E-state index is 8.81. The molecule has 2 aliphatic rings. The summed E-state index contributed by atoms with van der Waals surface area (Å²) < 4.78 is 0. The van der Waals surface area contributed by atoms with Crippen molar-refractivity contribution in [1.29, 1.82) is 10.8 Å². The van der Waals surface area contributed by atoms with E-state index in [0.717, 1.165) is 88.7 Å². The second-order valence-electron chi connectivity index (χ2n) is 12.6. The molecule has 2 saturated heterocycles. The first-order chi connectivity index (χ1) is 27.0. The quantitative estimate of drug-likeness (QED) is 0.0980. The molecule has 0 saturated carbocycles. The molecule has 6 N–H and O–H groups in total. The molecule has 16 nitrogen and oxygen atoms in total. The number of halogens is 2. The van der Waals surface area contributed by atoms with E-state index in [-0.39, 0.29) is 55.0 Å². The summed E-state index contributed by atoms with van der Waals surface area (Å²) in [7, 11) is 1.78. The number of likely N-dealkylation sites (tertiary alicyclic amines) is 2. The first-order valence-electron chi connectivity index (χ1n) is 18.3. The number of nitrogens with one attached hydrogen (secondary N) is 2. The second-order valence-corrected chi connectivity index (χ2v) is 12.6. The van der Waals surface area contributed by atoms with Crippen molar-refractivity contribution in [2.75, 3.05) is 50.1 Å². The minimum Gasteiger partial charge on any atom is -1.00 e. The average molecular weight is 1120 g/mol. The van der Waals surface area contributed by atoms with Crippen LogP contribution in [0.2, 0.25) is 0 Å². The van der Waals surface area contributed by atoms with Crippen LogP contribution in [0.1, 0.15) is 38.5 Å². The van der Waals surface area contributed by atoms with Gasteiger partial charge in [0, 0.05) is 36.0 Å². The Morgan fingerprint density at radius 1 is 0.542 bits per heavy atom. The van der Waals surface area contributed by atoms with Gasteiger partial charge in [0.2, 0.25) is 23.8 Å². The molecule has 0 amide bonds. The number of hydrogen-bond acceptors (Lipinski definition) is 8. The van der Waals surface area contributed by atoms with Gasteiger partial charge in [-0.1, -0.05) is 72.8 Å². The van der Waals surface area contributed by atoms with Crippen molar-refractivity contribution in [1.82, 2.24) is 9.80 Å². The molecule has 0 radical (unpaired) electrons. The zero-order chi connectivity index (χ0) is 40.7. The summed E-state index contributed by atoms with van der Waals surface area (Å²) in [5.41, 5.74) is 15.9. The van der Waals surface area contributed by atoms with E-state index in [1.807, 2.05) is 121 Å². The van der Waals surface area contributed by atoms with E-state index in [9.17, 15) is 0 Å². The van der Waals surface area contributed by atoms with Crippen LogP contribution in [0.5, 0.6) is 0 Å². The second kappa shape index (κ2) is 29.9. The van der Waals surface area contributed by atoms with Gasteiger partial charge in [-0.15, -0.1) is 0 Å². The molecule has 59 heavy (non-hydrogen) atoms. The minimum atomic E-state index is -0.500. The zero-order valence-electron chi connectivity index (χ0n) is 33.1. The molecule has 2 aliphatic heterocycles. The summed E-state index contributed by atoms with van der Waals surface area (Å²) in [5, 5.41) is 34.9. The molecule has 0 spiro atoms. The molecule has 2 fully saturated rings. The van der Waals surface area contributed by atoms with Crippen molar-refractivity contribution >= 4 is 46.6 Å². The fourth-order valence-corrected chi connectivity index (χ4v) is 5.74. The van der Waals surface area contributed by atoms with E-state index < -0.39 is 9.85 Å². The minimum absolute atomic E-state index is 0. The van der Waals surface area contributed by atoms with Gasteiger partial charge >= 0.3 is 21.1 Å². The van der Waals surface area contributed by atoms with Gasteiger partial charge < -0.3 is 55.2 Å². The molecule has 0 aliphatic carbocycles. The third kappa shape index (κ3) is 19.9. The van der Waals surface area contributed by atoms with Gasteiger partial charge in [0.15, 0.2) is 14.1 Å².